The zero-order valence-electron chi connectivity index (χ0n) is 12.2. The van der Waals surface area contributed by atoms with E-state index in [0.717, 1.165) is 25.7 Å². The van der Waals surface area contributed by atoms with Crippen molar-refractivity contribution in [2.24, 2.45) is 5.41 Å². The van der Waals surface area contributed by atoms with Crippen LogP contribution in [0.2, 0.25) is 5.02 Å². The Kier molecular flexibility index (Phi) is 5.17. The lowest BCUT2D eigenvalue weighted by atomic mass is 9.74. The summed E-state index contributed by atoms with van der Waals surface area (Å²) in [6, 6.07) is 4.66. The van der Waals surface area contributed by atoms with E-state index in [-0.39, 0.29) is 16.9 Å². The molecule has 0 heterocycles. The number of halogens is 1. The lowest BCUT2D eigenvalue weighted by Gasteiger charge is -2.36. The maximum atomic E-state index is 11.6. The molecule has 0 bridgehead atoms. The number of hydrogen-bond donors (Lipinski definition) is 2. The summed E-state index contributed by atoms with van der Waals surface area (Å²) in [4.78, 5) is 0.246. The van der Waals surface area contributed by atoms with Crippen LogP contribution in [0.15, 0.2) is 23.1 Å². The quantitative estimate of drug-likeness (QED) is 0.870. The molecule has 4 nitrogen and oxygen atoms in total. The molecule has 0 amide bonds. The van der Waals surface area contributed by atoms with Crippen LogP contribution in [0.5, 0.6) is 0 Å². The van der Waals surface area contributed by atoms with Crippen LogP contribution in [-0.2, 0) is 9.84 Å². The van der Waals surface area contributed by atoms with Crippen molar-refractivity contribution in [3.63, 3.8) is 0 Å². The highest BCUT2D eigenvalue weighted by Gasteiger charge is 2.31. The number of aliphatic hydroxyl groups excluding tert-OH is 1. The van der Waals surface area contributed by atoms with Gasteiger partial charge in [-0.05, 0) is 31.0 Å². The molecular formula is C15H22ClNO3S. The average molecular weight is 332 g/mol. The second-order valence-corrected chi connectivity index (χ2v) is 8.41. The number of anilines is 1. The van der Waals surface area contributed by atoms with E-state index in [1.807, 2.05) is 0 Å². The molecule has 0 radical (unpaired) electrons. The molecule has 2 N–H and O–H groups in total. The summed E-state index contributed by atoms with van der Waals surface area (Å²) in [5, 5.41) is 13.4. The van der Waals surface area contributed by atoms with Crippen LogP contribution in [0.25, 0.3) is 0 Å². The van der Waals surface area contributed by atoms with Crippen molar-refractivity contribution in [3.8, 4) is 0 Å². The maximum Gasteiger partial charge on any atom is 0.175 e. The van der Waals surface area contributed by atoms with E-state index < -0.39 is 9.84 Å². The normalized spacial score (nSPS) is 18.4. The molecule has 0 atom stereocenters. The molecule has 0 aliphatic heterocycles. The lowest BCUT2D eigenvalue weighted by Crippen LogP contribution is -2.35. The van der Waals surface area contributed by atoms with Crippen LogP contribution in [0.3, 0.4) is 0 Å². The minimum absolute atomic E-state index is 0.122. The van der Waals surface area contributed by atoms with Crippen molar-refractivity contribution in [3.05, 3.63) is 23.2 Å². The van der Waals surface area contributed by atoms with E-state index in [0.29, 0.717) is 17.3 Å². The Morgan fingerprint density at radius 2 is 1.95 bits per heavy atom. The number of nitrogens with one attached hydrogen (secondary N) is 1. The molecule has 0 spiro atoms. The third-order valence-electron chi connectivity index (χ3n) is 4.27. The lowest BCUT2D eigenvalue weighted by molar-refractivity contribution is 0.0944. The van der Waals surface area contributed by atoms with Gasteiger partial charge in [-0.1, -0.05) is 30.9 Å². The summed E-state index contributed by atoms with van der Waals surface area (Å²) in [5.41, 5.74) is 0.487. The zero-order valence-corrected chi connectivity index (χ0v) is 13.8. The highest BCUT2D eigenvalue weighted by molar-refractivity contribution is 7.90. The van der Waals surface area contributed by atoms with Crippen LogP contribution in [0.1, 0.15) is 32.1 Å². The van der Waals surface area contributed by atoms with Crippen LogP contribution in [-0.4, -0.2) is 32.9 Å². The predicted octanol–water partition coefficient (Wildman–Crippen LogP) is 3.10. The second kappa shape index (κ2) is 6.55. The van der Waals surface area contributed by atoms with Gasteiger partial charge in [0.1, 0.15) is 0 Å². The van der Waals surface area contributed by atoms with E-state index in [2.05, 4.69) is 5.32 Å². The van der Waals surface area contributed by atoms with Crippen LogP contribution >= 0.6 is 11.6 Å². The SMILES string of the molecule is CS(=O)(=O)c1ccc(Cl)c(NCC2(CO)CCCCC2)c1. The standard InChI is InChI=1S/C15H22ClNO3S/c1-21(19,20)12-5-6-13(16)14(9-12)17-10-15(11-18)7-3-2-4-8-15/h5-6,9,17-18H,2-4,7-8,10-11H2,1H3. The van der Waals surface area contributed by atoms with E-state index in [4.69, 9.17) is 11.6 Å². The fourth-order valence-corrected chi connectivity index (χ4v) is 3.68. The first-order chi connectivity index (χ1) is 9.86. The van der Waals surface area contributed by atoms with Gasteiger partial charge in [-0.3, -0.25) is 0 Å². The minimum atomic E-state index is -3.25. The number of sulfone groups is 1. The topological polar surface area (TPSA) is 66.4 Å². The molecular weight excluding hydrogens is 310 g/mol. The van der Waals surface area contributed by atoms with E-state index >= 15 is 0 Å². The van der Waals surface area contributed by atoms with Gasteiger partial charge in [0, 0.05) is 18.2 Å². The minimum Gasteiger partial charge on any atom is -0.396 e. The zero-order chi connectivity index (χ0) is 15.5. The molecule has 2 rings (SSSR count). The van der Waals surface area contributed by atoms with E-state index in [1.165, 1.54) is 18.7 Å². The third kappa shape index (κ3) is 4.11. The largest absolute Gasteiger partial charge is 0.396 e. The van der Waals surface area contributed by atoms with Gasteiger partial charge in [-0.2, -0.15) is 0 Å². The molecule has 0 unspecified atom stereocenters. The van der Waals surface area contributed by atoms with Gasteiger partial charge in [-0.25, -0.2) is 8.42 Å². The van der Waals surface area contributed by atoms with Crippen molar-refractivity contribution < 1.29 is 13.5 Å². The molecule has 1 aliphatic rings. The summed E-state index contributed by atoms with van der Waals surface area (Å²) in [7, 11) is -3.25. The molecule has 0 saturated heterocycles. The Morgan fingerprint density at radius 1 is 1.29 bits per heavy atom. The molecule has 21 heavy (non-hydrogen) atoms. The Balaban J connectivity index is 2.15. The van der Waals surface area contributed by atoms with Gasteiger partial charge < -0.3 is 10.4 Å². The molecule has 0 aromatic heterocycles. The van der Waals surface area contributed by atoms with Crippen LogP contribution in [0, 0.1) is 5.41 Å². The molecule has 6 heteroatoms. The monoisotopic (exact) mass is 331 g/mol. The summed E-state index contributed by atoms with van der Waals surface area (Å²) < 4.78 is 23.2. The second-order valence-electron chi connectivity index (χ2n) is 5.99. The van der Waals surface area contributed by atoms with Crippen LogP contribution in [0.4, 0.5) is 5.69 Å². The van der Waals surface area contributed by atoms with Gasteiger partial charge in [0.15, 0.2) is 9.84 Å². The van der Waals surface area contributed by atoms with Crippen LogP contribution < -0.4 is 5.32 Å². The predicted molar refractivity (Wildman–Crippen MR) is 85.7 cm³/mol. The van der Waals surface area contributed by atoms with Gasteiger partial charge >= 0.3 is 0 Å². The Hall–Kier alpha value is -0.780. The Morgan fingerprint density at radius 3 is 2.52 bits per heavy atom. The first-order valence-corrected chi connectivity index (χ1v) is 9.48. The average Bonchev–Trinajstić information content (AvgIpc) is 2.46. The van der Waals surface area contributed by atoms with Crippen molar-refractivity contribution in [2.75, 3.05) is 24.7 Å². The van der Waals surface area contributed by atoms with Crippen molar-refractivity contribution >= 4 is 27.1 Å². The van der Waals surface area contributed by atoms with Gasteiger partial charge in [0.05, 0.1) is 22.2 Å². The smallest absolute Gasteiger partial charge is 0.175 e. The first-order valence-electron chi connectivity index (χ1n) is 7.21. The molecule has 1 aromatic carbocycles. The number of hydrogen-bond acceptors (Lipinski definition) is 4. The molecule has 118 valence electrons. The summed E-state index contributed by atoms with van der Waals surface area (Å²) >= 11 is 6.13. The molecule has 1 aromatic rings. The fourth-order valence-electron chi connectivity index (χ4n) is 2.85. The Bertz CT molecular complexity index is 595. The highest BCUT2D eigenvalue weighted by atomic mass is 35.5. The fraction of sp³-hybridized carbons (Fsp3) is 0.600. The summed E-state index contributed by atoms with van der Waals surface area (Å²) in [5.74, 6) is 0. The van der Waals surface area contributed by atoms with E-state index in [1.54, 1.807) is 12.1 Å². The first kappa shape index (κ1) is 16.6. The van der Waals surface area contributed by atoms with Gasteiger partial charge in [0.25, 0.3) is 0 Å². The summed E-state index contributed by atoms with van der Waals surface area (Å²) in [6.45, 7) is 0.750. The van der Waals surface area contributed by atoms with Gasteiger partial charge in [0.2, 0.25) is 0 Å². The van der Waals surface area contributed by atoms with Crippen molar-refractivity contribution in [1.82, 2.24) is 0 Å². The third-order valence-corrected chi connectivity index (χ3v) is 5.71. The molecule has 1 fully saturated rings. The van der Waals surface area contributed by atoms with Gasteiger partial charge in [-0.15, -0.1) is 0 Å². The van der Waals surface area contributed by atoms with E-state index in [9.17, 15) is 13.5 Å². The Labute approximate surface area is 131 Å². The van der Waals surface area contributed by atoms with Crippen molar-refractivity contribution in [2.45, 2.75) is 37.0 Å². The highest BCUT2D eigenvalue weighted by Crippen LogP contribution is 2.36. The molecule has 1 aliphatic carbocycles. The van der Waals surface area contributed by atoms with Crippen molar-refractivity contribution in [1.29, 1.82) is 0 Å². The molecule has 1 saturated carbocycles. The maximum absolute atomic E-state index is 11.6. The number of aliphatic hydroxyl groups is 1. The number of rotatable bonds is 5. The number of benzene rings is 1. The summed E-state index contributed by atoms with van der Waals surface area (Å²) in [6.07, 6.45) is 6.61.